The van der Waals surface area contributed by atoms with Gasteiger partial charge in [0.05, 0.1) is 7.11 Å². The van der Waals surface area contributed by atoms with Crippen LogP contribution in [0.15, 0.2) is 0 Å². The van der Waals surface area contributed by atoms with Crippen LogP contribution < -0.4 is 0 Å². The fourth-order valence-corrected chi connectivity index (χ4v) is 0.324. The Kier molecular flexibility index (Phi) is 3.43. The van der Waals surface area contributed by atoms with E-state index in [1.807, 2.05) is 0 Å². The SMILES string of the molecule is COC(=O)C(C)OC=N. The lowest BCUT2D eigenvalue weighted by Crippen LogP contribution is -2.20. The van der Waals surface area contributed by atoms with Crippen molar-refractivity contribution < 1.29 is 14.3 Å². The summed E-state index contributed by atoms with van der Waals surface area (Å²) in [5.41, 5.74) is 0. The summed E-state index contributed by atoms with van der Waals surface area (Å²) < 4.78 is 8.76. The van der Waals surface area contributed by atoms with E-state index in [0.29, 0.717) is 6.40 Å². The van der Waals surface area contributed by atoms with E-state index in [1.165, 1.54) is 14.0 Å². The molecule has 9 heavy (non-hydrogen) atoms. The zero-order valence-corrected chi connectivity index (χ0v) is 5.38. The molecule has 0 radical (unpaired) electrons. The van der Waals surface area contributed by atoms with E-state index < -0.39 is 12.1 Å². The standard InChI is InChI=1S/C5H9NO3/c1-4(9-3-6)5(7)8-2/h3-4,6H,1-2H3. The van der Waals surface area contributed by atoms with Gasteiger partial charge in [-0.05, 0) is 6.92 Å². The summed E-state index contributed by atoms with van der Waals surface area (Å²) in [6.07, 6.45) is 0.0363. The average molecular weight is 131 g/mol. The Bertz CT molecular complexity index is 113. The fourth-order valence-electron chi connectivity index (χ4n) is 0.324. The van der Waals surface area contributed by atoms with Gasteiger partial charge >= 0.3 is 5.97 Å². The Morgan fingerprint density at radius 2 is 2.33 bits per heavy atom. The van der Waals surface area contributed by atoms with Gasteiger partial charge in [-0.25, -0.2) is 4.79 Å². The fraction of sp³-hybridized carbons (Fsp3) is 0.600. The van der Waals surface area contributed by atoms with Crippen LogP contribution in [-0.4, -0.2) is 25.6 Å². The first-order valence-electron chi connectivity index (χ1n) is 2.44. The second kappa shape index (κ2) is 3.88. The quantitative estimate of drug-likeness (QED) is 0.337. The molecular weight excluding hydrogens is 122 g/mol. The number of carbonyl (C=O) groups excluding carboxylic acids is 1. The van der Waals surface area contributed by atoms with Crippen molar-refractivity contribution in [1.82, 2.24) is 0 Å². The van der Waals surface area contributed by atoms with E-state index in [9.17, 15) is 4.79 Å². The van der Waals surface area contributed by atoms with Crippen LogP contribution >= 0.6 is 0 Å². The zero-order valence-electron chi connectivity index (χ0n) is 5.38. The highest BCUT2D eigenvalue weighted by Crippen LogP contribution is 1.89. The van der Waals surface area contributed by atoms with Gasteiger partial charge in [0.1, 0.15) is 0 Å². The average Bonchev–Trinajstić information content (AvgIpc) is 1.87. The number of nitrogens with one attached hydrogen (secondary N) is 1. The van der Waals surface area contributed by atoms with Crippen molar-refractivity contribution in [3.63, 3.8) is 0 Å². The van der Waals surface area contributed by atoms with E-state index in [1.54, 1.807) is 0 Å². The lowest BCUT2D eigenvalue weighted by Gasteiger charge is -2.05. The Hall–Kier alpha value is -1.06. The molecule has 0 spiro atoms. The Morgan fingerprint density at radius 1 is 1.78 bits per heavy atom. The number of carbonyl (C=O) groups is 1. The van der Waals surface area contributed by atoms with Crippen molar-refractivity contribution in [2.45, 2.75) is 13.0 Å². The van der Waals surface area contributed by atoms with Gasteiger partial charge in [0, 0.05) is 0 Å². The second-order valence-electron chi connectivity index (χ2n) is 1.42. The summed E-state index contributed by atoms with van der Waals surface area (Å²) >= 11 is 0. The highest BCUT2D eigenvalue weighted by molar-refractivity contribution is 5.75. The third kappa shape index (κ3) is 2.69. The first kappa shape index (κ1) is 7.94. The lowest BCUT2D eigenvalue weighted by atomic mass is 10.4. The molecule has 0 aliphatic carbocycles. The van der Waals surface area contributed by atoms with Gasteiger partial charge in [-0.1, -0.05) is 0 Å². The monoisotopic (exact) mass is 131 g/mol. The summed E-state index contributed by atoms with van der Waals surface area (Å²) in [5, 5.41) is 6.45. The maximum absolute atomic E-state index is 10.5. The zero-order chi connectivity index (χ0) is 7.28. The molecule has 0 saturated carbocycles. The van der Waals surface area contributed by atoms with Crippen molar-refractivity contribution in [2.24, 2.45) is 0 Å². The van der Waals surface area contributed by atoms with E-state index in [2.05, 4.69) is 9.47 Å². The number of rotatable bonds is 3. The summed E-state index contributed by atoms with van der Waals surface area (Å²) in [4.78, 5) is 10.5. The van der Waals surface area contributed by atoms with Crippen molar-refractivity contribution in [2.75, 3.05) is 7.11 Å². The van der Waals surface area contributed by atoms with Gasteiger partial charge in [0.25, 0.3) is 0 Å². The van der Waals surface area contributed by atoms with Crippen LogP contribution in [0.1, 0.15) is 6.92 Å². The van der Waals surface area contributed by atoms with Crippen LogP contribution in [0.3, 0.4) is 0 Å². The molecule has 0 bridgehead atoms. The molecule has 4 heteroatoms. The molecule has 0 fully saturated rings. The normalized spacial score (nSPS) is 11.8. The van der Waals surface area contributed by atoms with E-state index in [4.69, 9.17) is 5.41 Å². The predicted octanol–water partition coefficient (Wildman–Crippen LogP) is 0.172. The van der Waals surface area contributed by atoms with Gasteiger partial charge in [-0.2, -0.15) is 0 Å². The molecule has 0 amide bonds. The van der Waals surface area contributed by atoms with Crippen molar-refractivity contribution >= 4 is 12.4 Å². The van der Waals surface area contributed by atoms with Crippen LogP contribution in [0, 0.1) is 5.41 Å². The third-order valence-electron chi connectivity index (χ3n) is 0.805. The minimum atomic E-state index is -0.674. The third-order valence-corrected chi connectivity index (χ3v) is 0.805. The van der Waals surface area contributed by atoms with Crippen LogP contribution in [0.4, 0.5) is 0 Å². The molecule has 0 aliphatic heterocycles. The molecule has 0 rings (SSSR count). The van der Waals surface area contributed by atoms with Crippen LogP contribution in [0.25, 0.3) is 0 Å². The summed E-state index contributed by atoms with van der Waals surface area (Å²) in [7, 11) is 1.27. The van der Waals surface area contributed by atoms with E-state index >= 15 is 0 Å². The largest absolute Gasteiger partial charge is 0.469 e. The van der Waals surface area contributed by atoms with Gasteiger partial charge in [-0.15, -0.1) is 0 Å². The Morgan fingerprint density at radius 3 is 2.67 bits per heavy atom. The molecule has 1 unspecified atom stereocenters. The maximum Gasteiger partial charge on any atom is 0.346 e. The van der Waals surface area contributed by atoms with Crippen LogP contribution in [-0.2, 0) is 14.3 Å². The minimum absolute atomic E-state index is 0.474. The predicted molar refractivity (Wildman–Crippen MR) is 31.3 cm³/mol. The molecule has 52 valence electrons. The summed E-state index contributed by atoms with van der Waals surface area (Å²) in [6.45, 7) is 1.51. The molecule has 1 N–H and O–H groups in total. The lowest BCUT2D eigenvalue weighted by molar-refractivity contribution is -0.148. The number of methoxy groups -OCH3 is 1. The minimum Gasteiger partial charge on any atom is -0.469 e. The molecule has 0 aliphatic rings. The second-order valence-corrected chi connectivity index (χ2v) is 1.42. The first-order chi connectivity index (χ1) is 4.22. The van der Waals surface area contributed by atoms with Crippen LogP contribution in [0.5, 0.6) is 0 Å². The van der Waals surface area contributed by atoms with Gasteiger partial charge in [-0.3, -0.25) is 5.41 Å². The molecule has 0 aromatic carbocycles. The number of hydrogen-bond donors (Lipinski definition) is 1. The molecule has 1 atom stereocenters. The van der Waals surface area contributed by atoms with Gasteiger partial charge < -0.3 is 9.47 Å². The Labute approximate surface area is 53.3 Å². The molecule has 0 aromatic rings. The highest BCUT2D eigenvalue weighted by atomic mass is 16.6. The van der Waals surface area contributed by atoms with Crippen molar-refractivity contribution in [3.05, 3.63) is 0 Å². The van der Waals surface area contributed by atoms with E-state index in [0.717, 1.165) is 0 Å². The van der Waals surface area contributed by atoms with Gasteiger partial charge in [0.2, 0.25) is 0 Å². The van der Waals surface area contributed by atoms with Gasteiger partial charge in [0.15, 0.2) is 12.5 Å². The number of ether oxygens (including phenoxy) is 2. The molecule has 0 aromatic heterocycles. The van der Waals surface area contributed by atoms with Crippen molar-refractivity contribution in [1.29, 1.82) is 5.41 Å². The summed E-state index contributed by atoms with van der Waals surface area (Å²) in [6, 6.07) is 0. The molecular formula is C5H9NO3. The van der Waals surface area contributed by atoms with Crippen molar-refractivity contribution in [3.8, 4) is 0 Å². The highest BCUT2D eigenvalue weighted by Gasteiger charge is 2.11. The number of hydrogen-bond acceptors (Lipinski definition) is 4. The first-order valence-corrected chi connectivity index (χ1v) is 2.44. The molecule has 0 saturated heterocycles. The number of esters is 1. The van der Waals surface area contributed by atoms with Crippen LogP contribution in [0.2, 0.25) is 0 Å². The molecule has 0 heterocycles. The van der Waals surface area contributed by atoms with E-state index in [-0.39, 0.29) is 0 Å². The molecule has 4 nitrogen and oxygen atoms in total. The smallest absolute Gasteiger partial charge is 0.346 e. The Balaban J connectivity index is 3.58. The maximum atomic E-state index is 10.5. The topological polar surface area (TPSA) is 59.4 Å². The summed E-state index contributed by atoms with van der Waals surface area (Å²) in [5.74, 6) is -0.474.